The first kappa shape index (κ1) is 28.1. The molecule has 4 heterocycles. The van der Waals surface area contributed by atoms with Gasteiger partial charge in [-0.15, -0.1) is 5.10 Å². The number of nitrogens with zero attached hydrogens (tertiary/aromatic N) is 3. The fourth-order valence-electron chi connectivity index (χ4n) is 3.92. The molecular weight excluding hydrogens is 563 g/mol. The quantitative estimate of drug-likeness (QED) is 0.246. The van der Waals surface area contributed by atoms with E-state index in [1.807, 2.05) is 0 Å². The minimum Gasteiger partial charge on any atom is -0.473 e. The molecule has 1 aliphatic heterocycles. The van der Waals surface area contributed by atoms with E-state index >= 15 is 0 Å². The summed E-state index contributed by atoms with van der Waals surface area (Å²) in [5.41, 5.74) is -0.106. The third-order valence-electron chi connectivity index (χ3n) is 5.99. The summed E-state index contributed by atoms with van der Waals surface area (Å²) in [6.45, 7) is 1.88. The third kappa shape index (κ3) is 7.21. The molecule has 6 rings (SSSR count). The summed E-state index contributed by atoms with van der Waals surface area (Å²) < 4.78 is 59.2. The number of halogens is 4. The Hall–Kier alpha value is -4.42. The molecular formula is C28H23ClF3N5O4. The predicted octanol–water partition coefficient (Wildman–Crippen LogP) is 5.85. The van der Waals surface area contributed by atoms with Crippen LogP contribution >= 0.6 is 11.6 Å². The van der Waals surface area contributed by atoms with E-state index in [0.717, 1.165) is 25.3 Å². The lowest BCUT2D eigenvalue weighted by atomic mass is 10.0. The molecule has 0 atom stereocenters. The zero-order chi connectivity index (χ0) is 28.8. The lowest BCUT2D eigenvalue weighted by Crippen LogP contribution is -2.01. The van der Waals surface area contributed by atoms with Crippen LogP contribution in [0.3, 0.4) is 0 Å². The van der Waals surface area contributed by atoms with Crippen molar-refractivity contribution in [3.8, 4) is 28.7 Å². The minimum absolute atomic E-state index is 0.0279. The Balaban J connectivity index is 0.000000610. The monoisotopic (exact) mass is 585 g/mol. The van der Waals surface area contributed by atoms with Crippen LogP contribution in [-0.2, 0) is 17.8 Å². The Morgan fingerprint density at radius 2 is 1.73 bits per heavy atom. The van der Waals surface area contributed by atoms with Gasteiger partial charge < -0.3 is 14.0 Å². The molecule has 5 aromatic rings. The topological polar surface area (TPSA) is 119 Å². The smallest absolute Gasteiger partial charge is 0.280 e. The molecule has 13 heteroatoms. The van der Waals surface area contributed by atoms with E-state index in [-0.39, 0.29) is 63.7 Å². The van der Waals surface area contributed by atoms with Crippen molar-refractivity contribution in [3.05, 3.63) is 104 Å². The number of benzene rings is 2. The highest BCUT2D eigenvalue weighted by Crippen LogP contribution is 2.27. The van der Waals surface area contributed by atoms with Crippen molar-refractivity contribution < 1.29 is 27.2 Å². The van der Waals surface area contributed by atoms with Crippen LogP contribution in [0.15, 0.2) is 63.9 Å². The Morgan fingerprint density at radius 3 is 2.44 bits per heavy atom. The molecule has 0 spiro atoms. The zero-order valence-corrected chi connectivity index (χ0v) is 22.2. The summed E-state index contributed by atoms with van der Waals surface area (Å²) in [4.78, 5) is 19.6. The molecule has 0 saturated carbocycles. The second kappa shape index (κ2) is 12.8. The fraction of sp³-hybridized carbons (Fsp3) is 0.214. The first-order valence-corrected chi connectivity index (χ1v) is 12.9. The maximum atomic E-state index is 15.0. The maximum absolute atomic E-state index is 15.0. The van der Waals surface area contributed by atoms with E-state index in [1.54, 1.807) is 6.07 Å². The van der Waals surface area contributed by atoms with Crippen LogP contribution < -0.4 is 10.3 Å². The summed E-state index contributed by atoms with van der Waals surface area (Å²) >= 11 is 5.75. The molecule has 0 aliphatic carbocycles. The van der Waals surface area contributed by atoms with Crippen molar-refractivity contribution in [2.24, 2.45) is 0 Å². The van der Waals surface area contributed by atoms with Gasteiger partial charge in [0.1, 0.15) is 29.9 Å². The van der Waals surface area contributed by atoms with Gasteiger partial charge in [0.15, 0.2) is 0 Å². The fourth-order valence-corrected chi connectivity index (χ4v) is 4.08. The van der Waals surface area contributed by atoms with Gasteiger partial charge in [0, 0.05) is 41.9 Å². The number of nitrogens with one attached hydrogen (secondary N) is 2. The van der Waals surface area contributed by atoms with Crippen LogP contribution in [0.5, 0.6) is 5.88 Å². The Bertz CT molecular complexity index is 1690. The van der Waals surface area contributed by atoms with Gasteiger partial charge in [0.05, 0.1) is 11.8 Å². The first-order chi connectivity index (χ1) is 19.9. The molecule has 1 aliphatic rings. The Labute approximate surface area is 236 Å². The van der Waals surface area contributed by atoms with Gasteiger partial charge in [0.25, 0.3) is 5.56 Å². The van der Waals surface area contributed by atoms with Crippen LogP contribution in [0.1, 0.15) is 29.8 Å². The van der Waals surface area contributed by atoms with E-state index in [2.05, 4.69) is 25.3 Å². The van der Waals surface area contributed by atoms with E-state index in [0.29, 0.717) is 0 Å². The number of rotatable bonds is 7. The Morgan fingerprint density at radius 1 is 0.927 bits per heavy atom. The van der Waals surface area contributed by atoms with Crippen molar-refractivity contribution in [2.75, 3.05) is 13.2 Å². The second-order valence-electron chi connectivity index (χ2n) is 8.99. The predicted molar refractivity (Wildman–Crippen MR) is 143 cm³/mol. The van der Waals surface area contributed by atoms with Crippen molar-refractivity contribution in [3.63, 3.8) is 0 Å². The molecule has 0 unspecified atom stereocenters. The Kier molecular flexibility index (Phi) is 8.80. The van der Waals surface area contributed by atoms with Gasteiger partial charge in [-0.3, -0.25) is 9.89 Å². The average Bonchev–Trinajstić information content (AvgIpc) is 3.75. The van der Waals surface area contributed by atoms with Crippen LogP contribution in [0, 0.1) is 17.5 Å². The van der Waals surface area contributed by atoms with Crippen molar-refractivity contribution in [1.82, 2.24) is 25.3 Å². The van der Waals surface area contributed by atoms with Crippen molar-refractivity contribution >= 4 is 11.6 Å². The second-order valence-corrected chi connectivity index (χ2v) is 9.42. The lowest BCUT2D eigenvalue weighted by molar-refractivity contribution is 0.198. The molecule has 9 nitrogen and oxygen atoms in total. The van der Waals surface area contributed by atoms with Crippen LogP contribution in [0.4, 0.5) is 13.2 Å². The third-order valence-corrected chi connectivity index (χ3v) is 6.22. The van der Waals surface area contributed by atoms with Crippen molar-refractivity contribution in [2.45, 2.75) is 25.9 Å². The number of H-pyrrole nitrogens is 2. The van der Waals surface area contributed by atoms with E-state index in [9.17, 15) is 18.0 Å². The van der Waals surface area contributed by atoms with Gasteiger partial charge >= 0.3 is 0 Å². The van der Waals surface area contributed by atoms with E-state index in [1.165, 1.54) is 49.2 Å². The average molecular weight is 586 g/mol. The van der Waals surface area contributed by atoms with Gasteiger partial charge in [-0.05, 0) is 48.7 Å². The molecule has 0 amide bonds. The summed E-state index contributed by atoms with van der Waals surface area (Å²) in [5.74, 6) is -1.38. The highest BCUT2D eigenvalue weighted by Gasteiger charge is 2.17. The number of hydrogen-bond donors (Lipinski definition) is 2. The summed E-state index contributed by atoms with van der Waals surface area (Å²) in [6.07, 6.45) is 2.47. The van der Waals surface area contributed by atoms with Crippen LogP contribution in [0.2, 0.25) is 5.02 Å². The molecule has 1 saturated heterocycles. The molecule has 1 fully saturated rings. The highest BCUT2D eigenvalue weighted by molar-refractivity contribution is 6.30. The molecule has 0 bridgehead atoms. The largest absolute Gasteiger partial charge is 0.473 e. The summed E-state index contributed by atoms with van der Waals surface area (Å²) in [5, 5.41) is 8.90. The number of aromatic amines is 2. The first-order valence-electron chi connectivity index (χ1n) is 12.6. The minimum atomic E-state index is -0.712. The molecule has 0 radical (unpaired) electrons. The summed E-state index contributed by atoms with van der Waals surface area (Å²) in [6, 6.07) is 12.0. The lowest BCUT2D eigenvalue weighted by Gasteiger charge is -2.10. The molecule has 212 valence electrons. The van der Waals surface area contributed by atoms with Crippen LogP contribution in [-0.4, -0.2) is 38.5 Å². The summed E-state index contributed by atoms with van der Waals surface area (Å²) in [7, 11) is 0. The SMILES string of the molecule is C1CCOC1.O=c1cc(-c2n[nH]c(Cc3cc(F)c(-c4cccc(OCc5ccc(Cl)cc5F)n4)cc3F)n2)o[nH]1. The number of aromatic nitrogens is 5. The molecule has 2 N–H and O–H groups in total. The van der Waals surface area contributed by atoms with Gasteiger partial charge in [-0.25, -0.2) is 23.1 Å². The molecule has 41 heavy (non-hydrogen) atoms. The van der Waals surface area contributed by atoms with Crippen LogP contribution in [0.25, 0.3) is 22.8 Å². The number of pyridine rings is 1. The normalized spacial score (nSPS) is 12.7. The number of hydrogen-bond acceptors (Lipinski definition) is 7. The van der Waals surface area contributed by atoms with Gasteiger partial charge in [-0.2, -0.15) is 5.16 Å². The van der Waals surface area contributed by atoms with E-state index in [4.69, 9.17) is 25.6 Å². The zero-order valence-electron chi connectivity index (χ0n) is 21.4. The highest BCUT2D eigenvalue weighted by atomic mass is 35.5. The molecule has 3 aromatic heterocycles. The molecule has 2 aromatic carbocycles. The van der Waals surface area contributed by atoms with Crippen molar-refractivity contribution in [1.29, 1.82) is 0 Å². The maximum Gasteiger partial charge on any atom is 0.280 e. The van der Waals surface area contributed by atoms with Gasteiger partial charge in [0.2, 0.25) is 17.5 Å². The number of ether oxygens (including phenoxy) is 2. The van der Waals surface area contributed by atoms with E-state index < -0.39 is 23.0 Å². The van der Waals surface area contributed by atoms with Gasteiger partial charge in [-0.1, -0.05) is 23.7 Å². The standard InChI is InChI=1S/C24H15ClF3N5O3.C4H8O/c25-14-5-4-12(16(26)8-14)11-35-23-3-1-2-19(29-23)15-9-17(27)13(6-18(15)28)7-21-30-24(32-31-21)20-10-22(34)33-36-20;1-2-4-5-3-1/h1-6,8-10H,7,11H2,(H,33,34)(H,30,31,32);1-4H2.